The lowest BCUT2D eigenvalue weighted by atomic mass is 10.1. The van der Waals surface area contributed by atoms with E-state index in [1.54, 1.807) is 0 Å². The van der Waals surface area contributed by atoms with E-state index in [1.807, 2.05) is 0 Å². The fourth-order valence-electron chi connectivity index (χ4n) is 3.00. The van der Waals surface area contributed by atoms with Crippen molar-refractivity contribution in [3.05, 3.63) is 54.1 Å². The van der Waals surface area contributed by atoms with Crippen LogP contribution in [0.1, 0.15) is 5.56 Å². The molecule has 33 heavy (non-hydrogen) atoms. The zero-order chi connectivity index (χ0) is 23.5. The minimum atomic E-state index is -4.84. The van der Waals surface area contributed by atoms with E-state index in [-0.39, 0.29) is 37.1 Å². The number of morpholine rings is 1. The molecule has 1 aliphatic rings. The third-order valence-corrected chi connectivity index (χ3v) is 4.52. The largest absolute Gasteiger partial charge is 0.573 e. The van der Waals surface area contributed by atoms with E-state index in [0.29, 0.717) is 11.3 Å². The molecule has 178 valence electrons. The smallest absolute Gasteiger partial charge is 0.406 e. The number of amides is 2. The van der Waals surface area contributed by atoms with Crippen LogP contribution in [0.25, 0.3) is 0 Å². The van der Waals surface area contributed by atoms with E-state index in [4.69, 9.17) is 15.9 Å². The first kappa shape index (κ1) is 25.9. The van der Waals surface area contributed by atoms with Crippen LogP contribution >= 0.6 is 12.4 Å². The van der Waals surface area contributed by atoms with Gasteiger partial charge in [0.1, 0.15) is 11.6 Å². The van der Waals surface area contributed by atoms with Crippen LogP contribution < -0.4 is 20.7 Å². The number of nitrogens with one attached hydrogen (secondary N) is 2. The summed E-state index contributed by atoms with van der Waals surface area (Å²) in [5.41, 5.74) is 6.36. The fourth-order valence-corrected chi connectivity index (χ4v) is 3.00. The molecule has 13 heteroatoms. The Kier molecular flexibility index (Phi) is 8.25. The number of rotatable bonds is 6. The van der Waals surface area contributed by atoms with Gasteiger partial charge in [-0.2, -0.15) is 0 Å². The number of carbonyl (C=O) groups excluding carboxylic acids is 2. The standard InChI is InChI=1S/C20H19F3N4O5.ClH/c21-20(22,23)32-14-7-5-13(6-8-14)27-9-10-31-16(19(27)30)15(28)18(29)26-12-3-1-11(2-4-12)17(24)25;/h1-8,15-16,28H,9-10H2,(H3,24,25)(H,26,29);1H/t15?,16-;/m1./s1. The molecule has 9 nitrogen and oxygen atoms in total. The lowest BCUT2D eigenvalue weighted by Crippen LogP contribution is -2.55. The molecule has 0 aromatic heterocycles. The van der Waals surface area contributed by atoms with Crippen molar-refractivity contribution in [2.24, 2.45) is 5.73 Å². The van der Waals surface area contributed by atoms with Crippen molar-refractivity contribution >= 4 is 41.4 Å². The SMILES string of the molecule is Cl.N=C(N)c1ccc(NC(=O)C(O)[C@H]2OCCN(c3ccc(OC(F)(F)F)cc3)C2=O)cc1. The van der Waals surface area contributed by atoms with Gasteiger partial charge in [-0.25, -0.2) is 0 Å². The molecule has 0 bridgehead atoms. The maximum absolute atomic E-state index is 12.8. The molecule has 2 amide bonds. The highest BCUT2D eigenvalue weighted by atomic mass is 35.5. The predicted octanol–water partition coefficient (Wildman–Crippen LogP) is 2.02. The second kappa shape index (κ2) is 10.5. The van der Waals surface area contributed by atoms with Crippen LogP contribution in [0.5, 0.6) is 5.75 Å². The number of hydrogen-bond acceptors (Lipinski definition) is 6. The van der Waals surface area contributed by atoms with Crippen LogP contribution in [0.3, 0.4) is 0 Å². The molecule has 1 aliphatic heterocycles. The number of benzene rings is 2. The molecule has 2 atom stereocenters. The normalized spacial score (nSPS) is 17.0. The second-order valence-corrected chi connectivity index (χ2v) is 6.75. The molecular weight excluding hydrogens is 469 g/mol. The van der Waals surface area contributed by atoms with Gasteiger partial charge in [0.25, 0.3) is 11.8 Å². The Hall–Kier alpha value is -3.35. The number of nitrogens with two attached hydrogens (primary N) is 1. The number of aliphatic hydroxyl groups is 1. The van der Waals surface area contributed by atoms with E-state index < -0.39 is 36.1 Å². The van der Waals surface area contributed by atoms with Gasteiger partial charge in [-0.1, -0.05) is 0 Å². The van der Waals surface area contributed by atoms with E-state index in [0.717, 1.165) is 12.1 Å². The van der Waals surface area contributed by atoms with Crippen molar-refractivity contribution in [3.63, 3.8) is 0 Å². The summed E-state index contributed by atoms with van der Waals surface area (Å²) < 4.78 is 46.0. The molecule has 1 unspecified atom stereocenters. The van der Waals surface area contributed by atoms with Gasteiger partial charge in [-0.15, -0.1) is 25.6 Å². The maximum Gasteiger partial charge on any atom is 0.573 e. The van der Waals surface area contributed by atoms with Gasteiger partial charge in [0.15, 0.2) is 12.2 Å². The minimum absolute atomic E-state index is 0. The van der Waals surface area contributed by atoms with Gasteiger partial charge in [0, 0.05) is 23.5 Å². The number of nitrogens with zero attached hydrogens (tertiary/aromatic N) is 1. The number of alkyl halides is 3. The molecule has 1 fully saturated rings. The van der Waals surface area contributed by atoms with Gasteiger partial charge >= 0.3 is 6.36 Å². The van der Waals surface area contributed by atoms with Crippen LogP contribution in [-0.4, -0.2) is 54.5 Å². The molecule has 1 saturated heterocycles. The van der Waals surface area contributed by atoms with Crippen LogP contribution in [0.15, 0.2) is 48.5 Å². The van der Waals surface area contributed by atoms with Crippen molar-refractivity contribution in [1.29, 1.82) is 5.41 Å². The lowest BCUT2D eigenvalue weighted by molar-refractivity contribution is -0.274. The highest BCUT2D eigenvalue weighted by Crippen LogP contribution is 2.27. The second-order valence-electron chi connectivity index (χ2n) is 6.75. The van der Waals surface area contributed by atoms with E-state index >= 15 is 0 Å². The Morgan fingerprint density at radius 3 is 2.36 bits per heavy atom. The Morgan fingerprint density at radius 2 is 1.82 bits per heavy atom. The first-order valence-electron chi connectivity index (χ1n) is 9.27. The number of aliphatic hydroxyl groups excluding tert-OH is 1. The van der Waals surface area contributed by atoms with E-state index in [2.05, 4.69) is 10.1 Å². The number of carbonyl (C=O) groups is 2. The first-order chi connectivity index (χ1) is 15.0. The van der Waals surface area contributed by atoms with Gasteiger partial charge < -0.3 is 30.5 Å². The number of anilines is 2. The van der Waals surface area contributed by atoms with Crippen molar-refractivity contribution in [2.75, 3.05) is 23.4 Å². The number of ether oxygens (including phenoxy) is 2. The maximum atomic E-state index is 12.8. The van der Waals surface area contributed by atoms with E-state index in [1.165, 1.54) is 41.3 Å². The van der Waals surface area contributed by atoms with Crippen LogP contribution in [0.2, 0.25) is 0 Å². The Morgan fingerprint density at radius 1 is 1.21 bits per heavy atom. The first-order valence-corrected chi connectivity index (χ1v) is 9.27. The average molecular weight is 489 g/mol. The summed E-state index contributed by atoms with van der Waals surface area (Å²) in [5.74, 6) is -2.22. The molecule has 5 N–H and O–H groups in total. The topological polar surface area (TPSA) is 138 Å². The molecule has 2 aromatic carbocycles. The van der Waals surface area contributed by atoms with Crippen molar-refractivity contribution in [2.45, 2.75) is 18.6 Å². The highest BCUT2D eigenvalue weighted by molar-refractivity contribution is 6.04. The number of halogens is 4. The molecule has 0 aliphatic carbocycles. The highest BCUT2D eigenvalue weighted by Gasteiger charge is 2.39. The molecule has 3 rings (SSSR count). The minimum Gasteiger partial charge on any atom is -0.406 e. The predicted molar refractivity (Wildman–Crippen MR) is 115 cm³/mol. The van der Waals surface area contributed by atoms with Crippen molar-refractivity contribution < 1.29 is 37.3 Å². The zero-order valence-corrected chi connectivity index (χ0v) is 17.7. The van der Waals surface area contributed by atoms with Crippen LogP contribution in [0.4, 0.5) is 24.5 Å². The summed E-state index contributed by atoms with van der Waals surface area (Å²) in [6.45, 7) is 0.0739. The number of amidine groups is 1. The fraction of sp³-hybridized carbons (Fsp3) is 0.250. The Labute approximate surface area is 192 Å². The van der Waals surface area contributed by atoms with Crippen molar-refractivity contribution in [1.82, 2.24) is 0 Å². The van der Waals surface area contributed by atoms with Gasteiger partial charge in [-0.05, 0) is 48.5 Å². The average Bonchev–Trinajstić information content (AvgIpc) is 2.73. The molecular formula is C20H20ClF3N4O5. The van der Waals surface area contributed by atoms with Gasteiger partial charge in [0.2, 0.25) is 0 Å². The summed E-state index contributed by atoms with van der Waals surface area (Å²) >= 11 is 0. The summed E-state index contributed by atoms with van der Waals surface area (Å²) in [7, 11) is 0. The summed E-state index contributed by atoms with van der Waals surface area (Å²) in [5, 5.41) is 20.2. The van der Waals surface area contributed by atoms with Crippen LogP contribution in [0, 0.1) is 5.41 Å². The lowest BCUT2D eigenvalue weighted by Gasteiger charge is -2.34. The quantitative estimate of drug-likeness (QED) is 0.362. The Balaban J connectivity index is 0.00000385. The van der Waals surface area contributed by atoms with Gasteiger partial charge in [-0.3, -0.25) is 15.0 Å². The molecule has 0 saturated carbocycles. The molecule has 0 radical (unpaired) electrons. The van der Waals surface area contributed by atoms with Crippen LogP contribution in [-0.2, 0) is 14.3 Å². The number of hydrogen-bond donors (Lipinski definition) is 4. The monoisotopic (exact) mass is 488 g/mol. The summed E-state index contributed by atoms with van der Waals surface area (Å²) in [4.78, 5) is 26.4. The third kappa shape index (κ3) is 6.57. The number of nitrogen functional groups attached to an aromatic ring is 1. The Bertz CT molecular complexity index is 1000. The molecule has 0 spiro atoms. The summed E-state index contributed by atoms with van der Waals surface area (Å²) in [6, 6.07) is 10.6. The van der Waals surface area contributed by atoms with Crippen molar-refractivity contribution in [3.8, 4) is 5.75 Å². The molecule has 2 aromatic rings. The zero-order valence-electron chi connectivity index (χ0n) is 16.8. The third-order valence-electron chi connectivity index (χ3n) is 4.52. The molecule has 1 heterocycles. The summed E-state index contributed by atoms with van der Waals surface area (Å²) in [6.07, 6.45) is -8.19. The van der Waals surface area contributed by atoms with Gasteiger partial charge in [0.05, 0.1) is 6.61 Å². The van der Waals surface area contributed by atoms with E-state index in [9.17, 15) is 27.9 Å².